The number of aromatic nitrogens is 3. The number of benzene rings is 1. The fourth-order valence-corrected chi connectivity index (χ4v) is 4.95. The number of aryl methyl sites for hydroxylation is 1. The van der Waals surface area contributed by atoms with Crippen LogP contribution in [0.3, 0.4) is 0 Å². The fraction of sp³-hybridized carbons (Fsp3) is 0.435. The number of piperidine rings is 1. The summed E-state index contributed by atoms with van der Waals surface area (Å²) >= 11 is 1.73. The SMILES string of the molecule is CCc1cnc(N2CCC(c3nc(COc4ccc(C5(C)N=NN=N5)cc4)cs3)CC2)nc1. The van der Waals surface area contributed by atoms with Crippen LogP contribution in [0.1, 0.15) is 54.4 Å². The maximum atomic E-state index is 5.95. The van der Waals surface area contributed by atoms with Crippen LogP contribution in [0, 0.1) is 0 Å². The van der Waals surface area contributed by atoms with E-state index in [4.69, 9.17) is 9.72 Å². The summed E-state index contributed by atoms with van der Waals surface area (Å²) in [6.45, 7) is 6.34. The van der Waals surface area contributed by atoms with Gasteiger partial charge in [0.2, 0.25) is 11.6 Å². The number of ether oxygens (including phenoxy) is 1. The molecule has 0 amide bonds. The van der Waals surface area contributed by atoms with Crippen molar-refractivity contribution >= 4 is 17.3 Å². The van der Waals surface area contributed by atoms with Crippen molar-refractivity contribution in [3.63, 3.8) is 0 Å². The molecule has 9 nitrogen and oxygen atoms in total. The zero-order valence-corrected chi connectivity index (χ0v) is 19.6. The lowest BCUT2D eigenvalue weighted by atomic mass is 9.98. The monoisotopic (exact) mass is 462 g/mol. The molecule has 0 saturated carbocycles. The minimum atomic E-state index is -0.733. The first kappa shape index (κ1) is 21.6. The van der Waals surface area contributed by atoms with Crippen LogP contribution >= 0.6 is 11.3 Å². The van der Waals surface area contributed by atoms with Gasteiger partial charge in [0.15, 0.2) is 0 Å². The summed E-state index contributed by atoms with van der Waals surface area (Å²) in [4.78, 5) is 16.2. The van der Waals surface area contributed by atoms with Crippen LogP contribution in [0.25, 0.3) is 0 Å². The lowest BCUT2D eigenvalue weighted by Crippen LogP contribution is -2.34. The Hall–Kier alpha value is -3.27. The Morgan fingerprint density at radius 2 is 1.76 bits per heavy atom. The molecule has 4 heterocycles. The molecule has 1 aromatic carbocycles. The zero-order valence-electron chi connectivity index (χ0n) is 18.8. The average Bonchev–Trinajstić information content (AvgIpc) is 3.53. The number of nitrogens with zero attached hydrogens (tertiary/aromatic N) is 8. The van der Waals surface area contributed by atoms with Gasteiger partial charge < -0.3 is 9.64 Å². The van der Waals surface area contributed by atoms with Gasteiger partial charge >= 0.3 is 0 Å². The molecule has 2 aliphatic rings. The smallest absolute Gasteiger partial charge is 0.225 e. The minimum absolute atomic E-state index is 0.447. The molecule has 2 aliphatic heterocycles. The molecule has 10 heteroatoms. The first-order valence-corrected chi connectivity index (χ1v) is 12.1. The summed E-state index contributed by atoms with van der Waals surface area (Å²) in [5.74, 6) is 2.09. The van der Waals surface area contributed by atoms with Crippen LogP contribution < -0.4 is 9.64 Å². The van der Waals surface area contributed by atoms with Gasteiger partial charge in [0.05, 0.1) is 10.7 Å². The highest BCUT2D eigenvalue weighted by Gasteiger charge is 2.29. The van der Waals surface area contributed by atoms with Gasteiger partial charge in [-0.25, -0.2) is 15.0 Å². The standard InChI is InChI=1S/C23H26N8OS/c1-3-16-12-24-22(25-13-16)31-10-8-17(9-11-31)21-26-19(15-33-21)14-32-20-6-4-18(5-7-20)23(2)27-29-30-28-23/h4-7,12-13,15,17H,3,8-11,14H2,1-2H3. The Bertz CT molecular complexity index is 1120. The summed E-state index contributed by atoms with van der Waals surface area (Å²) in [5.41, 5.74) is 2.32. The van der Waals surface area contributed by atoms with E-state index in [-0.39, 0.29) is 0 Å². The van der Waals surface area contributed by atoms with Crippen LogP contribution in [-0.2, 0) is 18.7 Å². The van der Waals surface area contributed by atoms with Gasteiger partial charge in [0.1, 0.15) is 12.4 Å². The van der Waals surface area contributed by atoms with E-state index in [0.717, 1.165) is 55.3 Å². The molecule has 0 spiro atoms. The Morgan fingerprint density at radius 3 is 2.42 bits per heavy atom. The summed E-state index contributed by atoms with van der Waals surface area (Å²) in [7, 11) is 0. The molecule has 5 rings (SSSR count). The average molecular weight is 463 g/mol. The largest absolute Gasteiger partial charge is 0.487 e. The van der Waals surface area contributed by atoms with Crippen LogP contribution in [-0.4, -0.2) is 28.0 Å². The molecule has 0 N–H and O–H groups in total. The van der Waals surface area contributed by atoms with Crippen molar-refractivity contribution in [1.29, 1.82) is 0 Å². The van der Waals surface area contributed by atoms with Crippen molar-refractivity contribution in [2.45, 2.75) is 51.3 Å². The van der Waals surface area contributed by atoms with Crippen molar-refractivity contribution in [3.05, 3.63) is 63.9 Å². The number of rotatable bonds is 7. The molecule has 1 fully saturated rings. The molecule has 2 aromatic heterocycles. The van der Waals surface area contributed by atoms with Crippen molar-refractivity contribution in [2.75, 3.05) is 18.0 Å². The maximum Gasteiger partial charge on any atom is 0.225 e. The quantitative estimate of drug-likeness (QED) is 0.464. The van der Waals surface area contributed by atoms with Gasteiger partial charge in [-0.15, -0.1) is 21.6 Å². The highest BCUT2D eigenvalue weighted by atomic mass is 32.1. The third kappa shape index (κ3) is 4.75. The van der Waals surface area contributed by atoms with Crippen molar-refractivity contribution in [3.8, 4) is 5.75 Å². The number of hydrogen-bond acceptors (Lipinski definition) is 10. The van der Waals surface area contributed by atoms with Gasteiger partial charge in [0.25, 0.3) is 0 Å². The third-order valence-electron chi connectivity index (χ3n) is 6.10. The highest BCUT2D eigenvalue weighted by Crippen LogP contribution is 2.33. The van der Waals surface area contributed by atoms with Gasteiger partial charge in [-0.3, -0.25) is 0 Å². The van der Waals surface area contributed by atoms with Gasteiger partial charge in [-0.05, 0) is 54.3 Å². The van der Waals surface area contributed by atoms with Crippen molar-refractivity contribution < 1.29 is 4.74 Å². The summed E-state index contributed by atoms with van der Waals surface area (Å²) in [5, 5.41) is 18.7. The molecule has 170 valence electrons. The summed E-state index contributed by atoms with van der Waals surface area (Å²) in [6, 6.07) is 7.72. The van der Waals surface area contributed by atoms with E-state index in [2.05, 4.69) is 47.8 Å². The highest BCUT2D eigenvalue weighted by molar-refractivity contribution is 7.09. The second kappa shape index (κ2) is 9.30. The van der Waals surface area contributed by atoms with E-state index >= 15 is 0 Å². The number of thiazole rings is 1. The van der Waals surface area contributed by atoms with Gasteiger partial charge in [0, 0.05) is 42.3 Å². The third-order valence-corrected chi connectivity index (χ3v) is 7.16. The normalized spacial score (nSPS) is 17.6. The molecule has 33 heavy (non-hydrogen) atoms. The topological polar surface area (TPSA) is 101 Å². The summed E-state index contributed by atoms with van der Waals surface area (Å²) in [6.07, 6.45) is 6.94. The molecule has 0 aliphatic carbocycles. The lowest BCUT2D eigenvalue weighted by molar-refractivity contribution is 0.301. The van der Waals surface area contributed by atoms with E-state index < -0.39 is 5.66 Å². The first-order chi connectivity index (χ1) is 16.1. The Kier molecular flexibility index (Phi) is 6.08. The minimum Gasteiger partial charge on any atom is -0.487 e. The zero-order chi connectivity index (χ0) is 22.7. The van der Waals surface area contributed by atoms with Crippen LogP contribution in [0.15, 0.2) is 62.7 Å². The maximum absolute atomic E-state index is 5.95. The molecular weight excluding hydrogens is 436 g/mol. The van der Waals surface area contributed by atoms with E-state index in [1.165, 1.54) is 10.6 Å². The Morgan fingerprint density at radius 1 is 1.06 bits per heavy atom. The summed E-state index contributed by atoms with van der Waals surface area (Å²) < 4.78 is 5.95. The van der Waals surface area contributed by atoms with E-state index in [9.17, 15) is 0 Å². The second-order valence-electron chi connectivity index (χ2n) is 8.40. The van der Waals surface area contributed by atoms with Gasteiger partial charge in [-0.1, -0.05) is 19.1 Å². The molecule has 3 aromatic rings. The fourth-order valence-electron chi connectivity index (χ4n) is 3.97. The molecule has 0 atom stereocenters. The predicted molar refractivity (Wildman–Crippen MR) is 126 cm³/mol. The van der Waals surface area contributed by atoms with E-state index in [1.54, 1.807) is 11.3 Å². The first-order valence-electron chi connectivity index (χ1n) is 11.2. The van der Waals surface area contributed by atoms with Crippen molar-refractivity contribution in [2.24, 2.45) is 20.7 Å². The molecule has 0 unspecified atom stereocenters. The van der Waals surface area contributed by atoms with Crippen LogP contribution in [0.5, 0.6) is 5.75 Å². The lowest BCUT2D eigenvalue weighted by Gasteiger charge is -2.31. The van der Waals surface area contributed by atoms with Crippen molar-refractivity contribution in [1.82, 2.24) is 15.0 Å². The second-order valence-corrected chi connectivity index (χ2v) is 9.29. The molecule has 1 saturated heterocycles. The number of hydrogen-bond donors (Lipinski definition) is 0. The Labute approximate surface area is 196 Å². The molecule has 0 bridgehead atoms. The Balaban J connectivity index is 1.13. The number of anilines is 1. The van der Waals surface area contributed by atoms with Gasteiger partial charge in [-0.2, -0.15) is 0 Å². The van der Waals surface area contributed by atoms with Crippen LogP contribution in [0.4, 0.5) is 5.95 Å². The molecular formula is C23H26N8OS. The molecule has 0 radical (unpaired) electrons. The van der Waals surface area contributed by atoms with E-state index in [1.807, 2.05) is 43.6 Å². The predicted octanol–water partition coefficient (Wildman–Crippen LogP) is 5.46. The van der Waals surface area contributed by atoms with Crippen LogP contribution in [0.2, 0.25) is 0 Å². The van der Waals surface area contributed by atoms with E-state index in [0.29, 0.717) is 12.5 Å².